The number of carbonyl (C=O) groups is 1. The van der Waals surface area contributed by atoms with Crippen molar-refractivity contribution < 1.29 is 4.79 Å². The fourth-order valence-corrected chi connectivity index (χ4v) is 4.19. The Labute approximate surface area is 171 Å². The van der Waals surface area contributed by atoms with Gasteiger partial charge in [-0.2, -0.15) is 15.2 Å². The molecule has 4 aromatic heterocycles. The first kappa shape index (κ1) is 17.0. The SMILES string of the molecule is Cc1nn2cc1C1=CCc3nnc(cc31)-c1c(nc3ncccn13)NC(=O)CCC2. The molecule has 0 saturated carbocycles. The van der Waals surface area contributed by atoms with Gasteiger partial charge in [0.15, 0.2) is 5.82 Å². The molecule has 6 rings (SSSR count). The van der Waals surface area contributed by atoms with Crippen molar-refractivity contribution in [3.8, 4) is 11.4 Å². The fraction of sp³-hybridized carbons (Fsp3) is 0.238. The minimum atomic E-state index is -0.101. The molecular formula is C21H18N8O. The molecule has 1 aliphatic carbocycles. The average Bonchev–Trinajstić information content (AvgIpc) is 3.41. The molecule has 1 amide bonds. The molecule has 9 heteroatoms. The van der Waals surface area contributed by atoms with Crippen LogP contribution in [0.3, 0.4) is 0 Å². The molecule has 1 N–H and O–H groups in total. The second-order valence-electron chi connectivity index (χ2n) is 7.55. The third-order valence-electron chi connectivity index (χ3n) is 5.59. The number of hydrogen-bond donors (Lipinski definition) is 1. The molecule has 1 aliphatic heterocycles. The van der Waals surface area contributed by atoms with Gasteiger partial charge in [-0.05, 0) is 31.1 Å². The zero-order valence-electron chi connectivity index (χ0n) is 16.3. The summed E-state index contributed by atoms with van der Waals surface area (Å²) in [5.74, 6) is 0.847. The zero-order valence-corrected chi connectivity index (χ0v) is 16.3. The highest BCUT2D eigenvalue weighted by Gasteiger charge is 2.25. The minimum absolute atomic E-state index is 0.101. The average molecular weight is 398 g/mol. The number of amides is 1. The van der Waals surface area contributed by atoms with E-state index in [0.717, 1.165) is 34.5 Å². The van der Waals surface area contributed by atoms with Crippen molar-refractivity contribution in [1.82, 2.24) is 34.3 Å². The monoisotopic (exact) mass is 398 g/mol. The molecule has 0 saturated heterocycles. The maximum absolute atomic E-state index is 12.6. The van der Waals surface area contributed by atoms with Gasteiger partial charge in [-0.1, -0.05) is 6.08 Å². The number of fused-ring (bicyclic) bond motifs is 8. The number of hydrogen-bond acceptors (Lipinski definition) is 6. The van der Waals surface area contributed by atoms with Crippen LogP contribution in [-0.4, -0.2) is 40.3 Å². The van der Waals surface area contributed by atoms with Crippen molar-refractivity contribution in [2.45, 2.75) is 32.7 Å². The maximum Gasteiger partial charge on any atom is 0.236 e. The number of nitrogens with one attached hydrogen (secondary N) is 1. The lowest BCUT2D eigenvalue weighted by molar-refractivity contribution is -0.116. The molecule has 5 heterocycles. The zero-order chi connectivity index (χ0) is 20.2. The van der Waals surface area contributed by atoms with E-state index in [9.17, 15) is 4.79 Å². The Morgan fingerprint density at radius 2 is 2.13 bits per heavy atom. The Hall–Kier alpha value is -3.88. The number of aryl methyl sites for hydroxylation is 2. The first-order valence-corrected chi connectivity index (χ1v) is 9.92. The second kappa shape index (κ2) is 6.31. The lowest BCUT2D eigenvalue weighted by Gasteiger charge is -2.10. The van der Waals surface area contributed by atoms with E-state index in [-0.39, 0.29) is 5.91 Å². The van der Waals surface area contributed by atoms with Crippen LogP contribution >= 0.6 is 0 Å². The van der Waals surface area contributed by atoms with E-state index in [1.54, 1.807) is 6.20 Å². The van der Waals surface area contributed by atoms with Crippen molar-refractivity contribution in [3.05, 3.63) is 59.3 Å². The quantitative estimate of drug-likeness (QED) is 0.488. The molecule has 0 spiro atoms. The van der Waals surface area contributed by atoms with Gasteiger partial charge in [-0.3, -0.25) is 13.9 Å². The number of nitrogens with zero attached hydrogens (tertiary/aromatic N) is 7. The first-order valence-electron chi connectivity index (χ1n) is 9.92. The number of imidazole rings is 1. The van der Waals surface area contributed by atoms with E-state index in [4.69, 9.17) is 0 Å². The van der Waals surface area contributed by atoms with E-state index in [2.05, 4.69) is 42.9 Å². The van der Waals surface area contributed by atoms with Gasteiger partial charge in [0, 0.05) is 49.1 Å². The Kier molecular flexibility index (Phi) is 3.58. The minimum Gasteiger partial charge on any atom is -0.309 e. The summed E-state index contributed by atoms with van der Waals surface area (Å²) < 4.78 is 3.75. The van der Waals surface area contributed by atoms with Crippen LogP contribution in [0.5, 0.6) is 0 Å². The van der Waals surface area contributed by atoms with Crippen LogP contribution in [0.15, 0.2) is 36.8 Å². The molecule has 9 nitrogen and oxygen atoms in total. The largest absolute Gasteiger partial charge is 0.309 e. The second-order valence-corrected chi connectivity index (χ2v) is 7.55. The van der Waals surface area contributed by atoms with Gasteiger partial charge < -0.3 is 5.32 Å². The summed E-state index contributed by atoms with van der Waals surface area (Å²) in [4.78, 5) is 21.5. The summed E-state index contributed by atoms with van der Waals surface area (Å²) >= 11 is 0. The number of carbonyl (C=O) groups excluding carboxylic acids is 1. The lowest BCUT2D eigenvalue weighted by Crippen LogP contribution is -2.14. The van der Waals surface area contributed by atoms with Crippen molar-refractivity contribution in [1.29, 1.82) is 0 Å². The van der Waals surface area contributed by atoms with Crippen LogP contribution in [0, 0.1) is 6.92 Å². The molecule has 30 heavy (non-hydrogen) atoms. The van der Waals surface area contributed by atoms with Gasteiger partial charge in [0.2, 0.25) is 11.7 Å². The van der Waals surface area contributed by atoms with Crippen LogP contribution in [0.2, 0.25) is 0 Å². The van der Waals surface area contributed by atoms with E-state index < -0.39 is 0 Å². The van der Waals surface area contributed by atoms with Gasteiger partial charge in [0.25, 0.3) is 0 Å². The molecule has 0 atom stereocenters. The Bertz CT molecular complexity index is 1360. The number of aromatic nitrogens is 7. The Balaban J connectivity index is 1.61. The van der Waals surface area contributed by atoms with Crippen LogP contribution < -0.4 is 5.32 Å². The smallest absolute Gasteiger partial charge is 0.236 e. The standard InChI is InChI=1S/C21H18N8O/c1-12-15-11-28(27-12)8-2-4-18(30)23-20-19(29-9-3-7-22-21(29)24-20)17-10-14-13(15)5-6-16(14)25-26-17/h3,5,7,9-11H,2,4,6,8H2,1H3,(H,23,30). The van der Waals surface area contributed by atoms with E-state index in [1.165, 1.54) is 0 Å². The van der Waals surface area contributed by atoms with Gasteiger partial charge in [-0.25, -0.2) is 4.98 Å². The summed E-state index contributed by atoms with van der Waals surface area (Å²) in [6.45, 7) is 2.69. The maximum atomic E-state index is 12.6. The van der Waals surface area contributed by atoms with Gasteiger partial charge in [0.1, 0.15) is 11.4 Å². The van der Waals surface area contributed by atoms with Gasteiger partial charge in [-0.15, -0.1) is 5.10 Å². The molecule has 0 radical (unpaired) electrons. The van der Waals surface area contributed by atoms with Crippen molar-refractivity contribution in [2.75, 3.05) is 5.32 Å². The Morgan fingerprint density at radius 1 is 1.20 bits per heavy atom. The molecular weight excluding hydrogens is 380 g/mol. The number of anilines is 1. The fourth-order valence-electron chi connectivity index (χ4n) is 4.19. The van der Waals surface area contributed by atoms with Gasteiger partial charge >= 0.3 is 0 Å². The number of allylic oxidation sites excluding steroid dienone is 1. The van der Waals surface area contributed by atoms with Crippen molar-refractivity contribution in [3.63, 3.8) is 0 Å². The molecule has 2 aliphatic rings. The third-order valence-corrected chi connectivity index (χ3v) is 5.59. The summed E-state index contributed by atoms with van der Waals surface area (Å²) in [7, 11) is 0. The Morgan fingerprint density at radius 3 is 3.07 bits per heavy atom. The topological polar surface area (TPSA) is 103 Å². The molecule has 148 valence electrons. The summed E-state index contributed by atoms with van der Waals surface area (Å²) in [5.41, 5.74) is 6.47. The summed E-state index contributed by atoms with van der Waals surface area (Å²) in [6, 6.07) is 3.85. The first-order chi connectivity index (χ1) is 14.7. The number of rotatable bonds is 0. The lowest BCUT2D eigenvalue weighted by atomic mass is 10.0. The highest BCUT2D eigenvalue weighted by atomic mass is 16.1. The normalized spacial score (nSPS) is 15.5. The van der Waals surface area contributed by atoms with Crippen molar-refractivity contribution in [2.24, 2.45) is 0 Å². The third kappa shape index (κ3) is 2.55. The van der Waals surface area contributed by atoms with Crippen LogP contribution in [0.1, 0.15) is 35.4 Å². The van der Waals surface area contributed by atoms with E-state index in [1.807, 2.05) is 34.3 Å². The highest BCUT2D eigenvalue weighted by molar-refractivity contribution is 5.94. The van der Waals surface area contributed by atoms with Crippen LogP contribution in [0.25, 0.3) is 22.7 Å². The van der Waals surface area contributed by atoms with Crippen LogP contribution in [-0.2, 0) is 17.8 Å². The predicted molar refractivity (Wildman–Crippen MR) is 110 cm³/mol. The predicted octanol–water partition coefficient (Wildman–Crippen LogP) is 2.41. The molecule has 0 unspecified atom stereocenters. The summed E-state index contributed by atoms with van der Waals surface area (Å²) in [6.07, 6.45) is 9.57. The molecule has 0 aromatic carbocycles. The van der Waals surface area contributed by atoms with Crippen molar-refractivity contribution >= 4 is 23.1 Å². The van der Waals surface area contributed by atoms with Gasteiger partial charge in [0.05, 0.1) is 11.4 Å². The molecule has 4 aromatic rings. The van der Waals surface area contributed by atoms with E-state index in [0.29, 0.717) is 42.4 Å². The molecule has 4 bridgehead atoms. The highest BCUT2D eigenvalue weighted by Crippen LogP contribution is 2.36. The van der Waals surface area contributed by atoms with Crippen LogP contribution in [0.4, 0.5) is 5.82 Å². The summed E-state index contributed by atoms with van der Waals surface area (Å²) in [5, 5.41) is 16.5. The molecule has 0 fully saturated rings. The van der Waals surface area contributed by atoms with E-state index >= 15 is 0 Å².